The van der Waals surface area contributed by atoms with Crippen LogP contribution in [0.25, 0.3) is 0 Å². The Kier molecular flexibility index (Phi) is 4.22. The lowest BCUT2D eigenvalue weighted by Crippen LogP contribution is -2.12. The summed E-state index contributed by atoms with van der Waals surface area (Å²) >= 11 is 3.34. The van der Waals surface area contributed by atoms with Gasteiger partial charge in [-0.1, -0.05) is 15.9 Å². The molecule has 0 bridgehead atoms. The van der Waals surface area contributed by atoms with Gasteiger partial charge in [-0.15, -0.1) is 0 Å². The van der Waals surface area contributed by atoms with E-state index in [-0.39, 0.29) is 5.91 Å². The number of carbonyl (C=O) groups is 1. The van der Waals surface area contributed by atoms with E-state index in [0.29, 0.717) is 5.56 Å². The van der Waals surface area contributed by atoms with Crippen LogP contribution in [0, 0.1) is 6.92 Å². The smallest absolute Gasteiger partial charge is 0.255 e. The summed E-state index contributed by atoms with van der Waals surface area (Å²) in [6.45, 7) is 1.93. The van der Waals surface area contributed by atoms with Gasteiger partial charge in [0.15, 0.2) is 0 Å². The number of methoxy groups -OCH3 is 1. The van der Waals surface area contributed by atoms with Crippen molar-refractivity contribution in [2.75, 3.05) is 12.4 Å². The average molecular weight is 320 g/mol. The minimum absolute atomic E-state index is 0.124. The second kappa shape index (κ2) is 5.89. The van der Waals surface area contributed by atoms with E-state index < -0.39 is 0 Å². The maximum absolute atomic E-state index is 12.1. The van der Waals surface area contributed by atoms with Crippen molar-refractivity contribution in [3.63, 3.8) is 0 Å². The van der Waals surface area contributed by atoms with Crippen LogP contribution in [0.3, 0.4) is 0 Å². The summed E-state index contributed by atoms with van der Waals surface area (Å²) in [5.41, 5.74) is 2.37. The van der Waals surface area contributed by atoms with Gasteiger partial charge in [-0.3, -0.25) is 4.79 Å². The van der Waals surface area contributed by atoms with E-state index in [1.807, 2.05) is 37.3 Å². The first-order chi connectivity index (χ1) is 9.10. The SMILES string of the molecule is COc1ccc(NC(=O)c2ccc(Br)cc2)c(C)c1. The van der Waals surface area contributed by atoms with Crippen LogP contribution in [-0.4, -0.2) is 13.0 Å². The first-order valence-electron chi connectivity index (χ1n) is 5.81. The number of hydrogen-bond acceptors (Lipinski definition) is 2. The van der Waals surface area contributed by atoms with Crippen molar-refractivity contribution in [3.8, 4) is 5.75 Å². The monoisotopic (exact) mass is 319 g/mol. The zero-order chi connectivity index (χ0) is 13.8. The van der Waals surface area contributed by atoms with Crippen molar-refractivity contribution in [3.05, 3.63) is 58.1 Å². The van der Waals surface area contributed by atoms with Crippen molar-refractivity contribution in [2.24, 2.45) is 0 Å². The lowest BCUT2D eigenvalue weighted by atomic mass is 10.1. The van der Waals surface area contributed by atoms with Crippen LogP contribution in [0.15, 0.2) is 46.9 Å². The van der Waals surface area contributed by atoms with Gasteiger partial charge in [0.25, 0.3) is 5.91 Å². The van der Waals surface area contributed by atoms with Crippen LogP contribution in [0.2, 0.25) is 0 Å². The number of ether oxygens (including phenoxy) is 1. The molecule has 0 atom stereocenters. The number of rotatable bonds is 3. The van der Waals surface area contributed by atoms with Crippen molar-refractivity contribution < 1.29 is 9.53 Å². The summed E-state index contributed by atoms with van der Waals surface area (Å²) in [4.78, 5) is 12.1. The molecule has 1 N–H and O–H groups in total. The Hall–Kier alpha value is -1.81. The summed E-state index contributed by atoms with van der Waals surface area (Å²) in [7, 11) is 1.62. The van der Waals surface area contributed by atoms with E-state index in [2.05, 4.69) is 21.2 Å². The zero-order valence-corrected chi connectivity index (χ0v) is 12.3. The topological polar surface area (TPSA) is 38.3 Å². The number of nitrogens with one attached hydrogen (secondary N) is 1. The van der Waals surface area contributed by atoms with E-state index in [9.17, 15) is 4.79 Å². The minimum Gasteiger partial charge on any atom is -0.497 e. The summed E-state index contributed by atoms with van der Waals surface area (Å²) in [6.07, 6.45) is 0. The molecule has 98 valence electrons. The Bertz CT molecular complexity index is 594. The molecule has 1 amide bonds. The van der Waals surface area contributed by atoms with Gasteiger partial charge in [-0.05, 0) is 55.0 Å². The van der Waals surface area contributed by atoms with Crippen LogP contribution in [-0.2, 0) is 0 Å². The van der Waals surface area contributed by atoms with Crippen LogP contribution in [0.4, 0.5) is 5.69 Å². The van der Waals surface area contributed by atoms with Crippen molar-refractivity contribution in [1.29, 1.82) is 0 Å². The van der Waals surface area contributed by atoms with Crippen LogP contribution >= 0.6 is 15.9 Å². The maximum Gasteiger partial charge on any atom is 0.255 e. The van der Waals surface area contributed by atoms with E-state index in [1.54, 1.807) is 19.2 Å². The molecule has 0 saturated heterocycles. The van der Waals surface area contributed by atoms with E-state index in [0.717, 1.165) is 21.5 Å². The van der Waals surface area contributed by atoms with Gasteiger partial charge in [0.05, 0.1) is 7.11 Å². The molecule has 0 fully saturated rings. The van der Waals surface area contributed by atoms with Gasteiger partial charge < -0.3 is 10.1 Å². The maximum atomic E-state index is 12.1. The third-order valence-corrected chi connectivity index (χ3v) is 3.32. The predicted molar refractivity (Wildman–Crippen MR) is 79.8 cm³/mol. The minimum atomic E-state index is -0.124. The van der Waals surface area contributed by atoms with Crippen LogP contribution < -0.4 is 10.1 Å². The van der Waals surface area contributed by atoms with E-state index in [1.165, 1.54) is 0 Å². The number of amides is 1. The van der Waals surface area contributed by atoms with Crippen LogP contribution in [0.1, 0.15) is 15.9 Å². The third-order valence-electron chi connectivity index (χ3n) is 2.79. The Morgan fingerprint density at radius 1 is 1.16 bits per heavy atom. The molecule has 0 aliphatic rings. The predicted octanol–water partition coefficient (Wildman–Crippen LogP) is 4.02. The fourth-order valence-corrected chi connectivity index (χ4v) is 1.96. The molecule has 0 saturated carbocycles. The molecule has 0 unspecified atom stereocenters. The lowest BCUT2D eigenvalue weighted by Gasteiger charge is -2.10. The standard InChI is InChI=1S/C15H14BrNO2/c1-10-9-13(19-2)7-8-14(10)17-15(18)11-3-5-12(16)6-4-11/h3-9H,1-2H3,(H,17,18). The van der Waals surface area contributed by atoms with E-state index in [4.69, 9.17) is 4.74 Å². The summed E-state index contributed by atoms with van der Waals surface area (Å²) in [5, 5.41) is 2.89. The molecule has 0 aliphatic heterocycles. The quantitative estimate of drug-likeness (QED) is 0.928. The average Bonchev–Trinajstić information content (AvgIpc) is 2.41. The molecule has 0 radical (unpaired) electrons. The molecule has 2 aromatic rings. The number of halogens is 1. The van der Waals surface area contributed by atoms with Gasteiger partial charge in [0.2, 0.25) is 0 Å². The zero-order valence-electron chi connectivity index (χ0n) is 10.7. The van der Waals surface area contributed by atoms with E-state index >= 15 is 0 Å². The van der Waals surface area contributed by atoms with Gasteiger partial charge in [0.1, 0.15) is 5.75 Å². The second-order valence-electron chi connectivity index (χ2n) is 4.14. The highest BCUT2D eigenvalue weighted by Gasteiger charge is 2.08. The summed E-state index contributed by atoms with van der Waals surface area (Å²) in [6, 6.07) is 12.8. The van der Waals surface area contributed by atoms with Gasteiger partial charge >= 0.3 is 0 Å². The van der Waals surface area contributed by atoms with Crippen molar-refractivity contribution in [2.45, 2.75) is 6.92 Å². The second-order valence-corrected chi connectivity index (χ2v) is 5.06. The molecule has 0 spiro atoms. The van der Waals surface area contributed by atoms with Crippen LogP contribution in [0.5, 0.6) is 5.75 Å². The number of carbonyl (C=O) groups excluding carboxylic acids is 1. The molecule has 2 aromatic carbocycles. The molecule has 0 heterocycles. The number of anilines is 1. The number of aryl methyl sites for hydroxylation is 1. The molecular weight excluding hydrogens is 306 g/mol. The summed E-state index contributed by atoms with van der Waals surface area (Å²) in [5.74, 6) is 0.653. The number of hydrogen-bond donors (Lipinski definition) is 1. The normalized spacial score (nSPS) is 10.1. The lowest BCUT2D eigenvalue weighted by molar-refractivity contribution is 0.102. The fourth-order valence-electron chi connectivity index (χ4n) is 1.70. The molecule has 4 heteroatoms. The van der Waals surface area contributed by atoms with Gasteiger partial charge in [0, 0.05) is 15.7 Å². The molecule has 0 aromatic heterocycles. The molecule has 2 rings (SSSR count). The van der Waals surface area contributed by atoms with Crippen molar-refractivity contribution >= 4 is 27.5 Å². The summed E-state index contributed by atoms with van der Waals surface area (Å²) < 4.78 is 6.08. The highest BCUT2D eigenvalue weighted by Crippen LogP contribution is 2.21. The third kappa shape index (κ3) is 3.35. The Morgan fingerprint density at radius 2 is 1.84 bits per heavy atom. The first kappa shape index (κ1) is 13.6. The van der Waals surface area contributed by atoms with Crippen molar-refractivity contribution in [1.82, 2.24) is 0 Å². The van der Waals surface area contributed by atoms with Gasteiger partial charge in [-0.25, -0.2) is 0 Å². The molecule has 0 aliphatic carbocycles. The fraction of sp³-hybridized carbons (Fsp3) is 0.133. The van der Waals surface area contributed by atoms with Gasteiger partial charge in [-0.2, -0.15) is 0 Å². The highest BCUT2D eigenvalue weighted by molar-refractivity contribution is 9.10. The Labute approximate surface area is 120 Å². The Morgan fingerprint density at radius 3 is 2.42 bits per heavy atom. The molecule has 19 heavy (non-hydrogen) atoms. The molecule has 3 nitrogen and oxygen atoms in total. The first-order valence-corrected chi connectivity index (χ1v) is 6.61. The Balaban J connectivity index is 2.17. The number of benzene rings is 2. The highest BCUT2D eigenvalue weighted by atomic mass is 79.9. The largest absolute Gasteiger partial charge is 0.497 e. The molecular formula is C15H14BrNO2.